The van der Waals surface area contributed by atoms with Crippen molar-refractivity contribution in [2.75, 3.05) is 13.7 Å². The number of thiazole rings is 1. The van der Waals surface area contributed by atoms with Crippen molar-refractivity contribution in [2.45, 2.75) is 18.2 Å². The maximum Gasteiger partial charge on any atom is 0.244 e. The van der Waals surface area contributed by atoms with Gasteiger partial charge in [0.05, 0.1) is 12.1 Å². The molecule has 0 unspecified atom stereocenters. The lowest BCUT2D eigenvalue weighted by Gasteiger charge is -2.10. The fourth-order valence-electron chi connectivity index (χ4n) is 1.75. The van der Waals surface area contributed by atoms with E-state index in [0.29, 0.717) is 11.4 Å². The Bertz CT molecular complexity index is 729. The first-order valence-electron chi connectivity index (χ1n) is 6.17. The van der Waals surface area contributed by atoms with Crippen LogP contribution in [0.1, 0.15) is 9.88 Å². The summed E-state index contributed by atoms with van der Waals surface area (Å²) in [6, 6.07) is 4.48. The van der Waals surface area contributed by atoms with Gasteiger partial charge in [0.2, 0.25) is 10.0 Å². The molecule has 2 rings (SSSR count). The van der Waals surface area contributed by atoms with Gasteiger partial charge in [-0.25, -0.2) is 18.1 Å². The monoisotopic (exact) mass is 346 g/mol. The first kappa shape index (κ1) is 16.2. The summed E-state index contributed by atoms with van der Waals surface area (Å²) >= 11 is 7.41. The molecule has 0 aliphatic carbocycles. The molecule has 1 aromatic carbocycles. The van der Waals surface area contributed by atoms with Gasteiger partial charge in [0, 0.05) is 29.1 Å². The summed E-state index contributed by atoms with van der Waals surface area (Å²) < 4.78 is 32.2. The molecule has 0 saturated carbocycles. The average molecular weight is 347 g/mol. The highest BCUT2D eigenvalue weighted by molar-refractivity contribution is 7.89. The van der Waals surface area contributed by atoms with Crippen LogP contribution in [0.2, 0.25) is 5.02 Å². The van der Waals surface area contributed by atoms with Crippen molar-refractivity contribution in [2.24, 2.45) is 0 Å². The van der Waals surface area contributed by atoms with Crippen LogP contribution in [-0.4, -0.2) is 27.1 Å². The number of rotatable bonds is 6. The van der Waals surface area contributed by atoms with Crippen LogP contribution in [-0.2, 0) is 16.4 Å². The third kappa shape index (κ3) is 4.16. The molecule has 0 spiro atoms. The Hall–Kier alpha value is -1.15. The third-order valence-corrected chi connectivity index (χ3v) is 5.41. The molecule has 0 atom stereocenters. The summed E-state index contributed by atoms with van der Waals surface area (Å²) in [6.45, 7) is 2.23. The number of hydrogen-bond donors (Lipinski definition) is 1. The normalized spacial score (nSPS) is 11.6. The molecule has 0 amide bonds. The Labute approximate surface area is 133 Å². The molecule has 1 N–H and O–H groups in total. The van der Waals surface area contributed by atoms with Crippen LogP contribution in [0.25, 0.3) is 0 Å². The minimum atomic E-state index is -3.67. The largest absolute Gasteiger partial charge is 0.495 e. The number of nitrogens with one attached hydrogen (secondary N) is 1. The van der Waals surface area contributed by atoms with E-state index in [0.717, 1.165) is 9.88 Å². The van der Waals surface area contributed by atoms with E-state index >= 15 is 0 Å². The van der Waals surface area contributed by atoms with E-state index < -0.39 is 10.0 Å². The zero-order chi connectivity index (χ0) is 15.5. The first-order chi connectivity index (χ1) is 9.92. The second-order valence-corrected chi connectivity index (χ2v) is 7.80. The van der Waals surface area contributed by atoms with Gasteiger partial charge in [0.15, 0.2) is 0 Å². The van der Waals surface area contributed by atoms with Crippen LogP contribution >= 0.6 is 22.9 Å². The molecule has 0 aliphatic rings. The predicted molar refractivity (Wildman–Crippen MR) is 83.7 cm³/mol. The van der Waals surface area contributed by atoms with Crippen molar-refractivity contribution < 1.29 is 13.2 Å². The average Bonchev–Trinajstić information content (AvgIpc) is 2.84. The minimum Gasteiger partial charge on any atom is -0.495 e. The molecule has 114 valence electrons. The maximum absolute atomic E-state index is 12.3. The summed E-state index contributed by atoms with van der Waals surface area (Å²) in [6.07, 6.45) is 2.31. The number of ether oxygens (including phenoxy) is 1. The molecular formula is C13H15ClN2O3S2. The quantitative estimate of drug-likeness (QED) is 0.873. The zero-order valence-corrected chi connectivity index (χ0v) is 14.0. The zero-order valence-electron chi connectivity index (χ0n) is 11.6. The van der Waals surface area contributed by atoms with Crippen molar-refractivity contribution >= 4 is 33.0 Å². The number of nitrogens with zero attached hydrogens (tertiary/aromatic N) is 1. The lowest BCUT2D eigenvalue weighted by atomic mass is 10.3. The molecule has 0 saturated heterocycles. The van der Waals surface area contributed by atoms with Crippen molar-refractivity contribution in [3.8, 4) is 5.75 Å². The lowest BCUT2D eigenvalue weighted by Crippen LogP contribution is -2.26. The molecule has 0 fully saturated rings. The van der Waals surface area contributed by atoms with Crippen molar-refractivity contribution in [1.82, 2.24) is 9.71 Å². The highest BCUT2D eigenvalue weighted by Crippen LogP contribution is 2.26. The van der Waals surface area contributed by atoms with E-state index in [2.05, 4.69) is 9.71 Å². The topological polar surface area (TPSA) is 68.3 Å². The third-order valence-electron chi connectivity index (χ3n) is 2.72. The van der Waals surface area contributed by atoms with E-state index in [1.165, 1.54) is 19.2 Å². The van der Waals surface area contributed by atoms with Crippen LogP contribution < -0.4 is 9.46 Å². The van der Waals surface area contributed by atoms with Crippen molar-refractivity contribution in [3.05, 3.63) is 39.3 Å². The Balaban J connectivity index is 2.09. The molecule has 0 aliphatic heterocycles. The number of benzene rings is 1. The Morgan fingerprint density at radius 3 is 2.81 bits per heavy atom. The predicted octanol–water partition coefficient (Wildman–Crippen LogP) is 2.63. The molecule has 0 radical (unpaired) electrons. The Morgan fingerprint density at radius 2 is 2.19 bits per heavy atom. The number of sulfonamides is 1. The van der Waals surface area contributed by atoms with Gasteiger partial charge < -0.3 is 4.74 Å². The van der Waals surface area contributed by atoms with Gasteiger partial charge in [-0.1, -0.05) is 11.6 Å². The fourth-order valence-corrected chi connectivity index (χ4v) is 4.00. The standard InChI is InChI=1S/C13H15ClN2O3S2/c1-9-8-15-13(20-9)5-6-16-21(17,18)12-7-10(14)3-4-11(12)19-2/h3-4,7-8,16H,5-6H2,1-2H3. The highest BCUT2D eigenvalue weighted by atomic mass is 35.5. The van der Waals surface area contributed by atoms with Crippen LogP contribution in [0.4, 0.5) is 0 Å². The summed E-state index contributed by atoms with van der Waals surface area (Å²) in [5.74, 6) is 0.261. The number of aromatic nitrogens is 1. The number of hydrogen-bond acceptors (Lipinski definition) is 5. The van der Waals surface area contributed by atoms with E-state index in [4.69, 9.17) is 16.3 Å². The minimum absolute atomic E-state index is 0.0350. The molecule has 1 heterocycles. The summed E-state index contributed by atoms with van der Waals surface area (Å²) in [7, 11) is -2.25. The van der Waals surface area contributed by atoms with Gasteiger partial charge in [-0.15, -0.1) is 11.3 Å². The molecule has 0 bridgehead atoms. The summed E-state index contributed by atoms with van der Waals surface area (Å²) in [5, 5.41) is 1.24. The summed E-state index contributed by atoms with van der Waals surface area (Å²) in [4.78, 5) is 5.33. The van der Waals surface area contributed by atoms with E-state index in [1.54, 1.807) is 23.6 Å². The highest BCUT2D eigenvalue weighted by Gasteiger charge is 2.19. The molecule has 21 heavy (non-hydrogen) atoms. The maximum atomic E-state index is 12.3. The SMILES string of the molecule is COc1ccc(Cl)cc1S(=O)(=O)NCCc1ncc(C)s1. The number of halogens is 1. The molecule has 5 nitrogen and oxygen atoms in total. The van der Waals surface area contributed by atoms with Crippen LogP contribution in [0.5, 0.6) is 5.75 Å². The molecular weight excluding hydrogens is 332 g/mol. The second-order valence-electron chi connectivity index (χ2n) is 4.31. The van der Waals surface area contributed by atoms with E-state index in [1.807, 2.05) is 6.92 Å². The molecule has 1 aromatic heterocycles. The van der Waals surface area contributed by atoms with Gasteiger partial charge in [-0.05, 0) is 25.1 Å². The van der Waals surface area contributed by atoms with Crippen molar-refractivity contribution in [1.29, 1.82) is 0 Å². The Kier molecular flexibility index (Phi) is 5.21. The van der Waals surface area contributed by atoms with Gasteiger partial charge in [-0.3, -0.25) is 0 Å². The van der Waals surface area contributed by atoms with Gasteiger partial charge >= 0.3 is 0 Å². The number of methoxy groups -OCH3 is 1. The lowest BCUT2D eigenvalue weighted by molar-refractivity contribution is 0.402. The molecule has 2 aromatic rings. The van der Waals surface area contributed by atoms with Crippen molar-refractivity contribution in [3.63, 3.8) is 0 Å². The van der Waals surface area contributed by atoms with Gasteiger partial charge in [0.1, 0.15) is 10.6 Å². The Morgan fingerprint density at radius 1 is 1.43 bits per heavy atom. The van der Waals surface area contributed by atoms with E-state index in [9.17, 15) is 8.42 Å². The summed E-state index contributed by atoms with van der Waals surface area (Å²) in [5.41, 5.74) is 0. The van der Waals surface area contributed by atoms with E-state index in [-0.39, 0.29) is 17.2 Å². The van der Waals surface area contributed by atoms with Crippen LogP contribution in [0, 0.1) is 6.92 Å². The molecule has 8 heteroatoms. The van der Waals surface area contributed by atoms with Crippen LogP contribution in [0.3, 0.4) is 0 Å². The fraction of sp³-hybridized carbons (Fsp3) is 0.308. The van der Waals surface area contributed by atoms with Crippen LogP contribution in [0.15, 0.2) is 29.3 Å². The number of aryl methyl sites for hydroxylation is 1. The second kappa shape index (κ2) is 6.74. The van der Waals surface area contributed by atoms with Gasteiger partial charge in [0.25, 0.3) is 0 Å². The smallest absolute Gasteiger partial charge is 0.244 e. The first-order valence-corrected chi connectivity index (χ1v) is 8.84. The van der Waals surface area contributed by atoms with Gasteiger partial charge in [-0.2, -0.15) is 0 Å².